The van der Waals surface area contributed by atoms with Crippen molar-refractivity contribution in [2.24, 2.45) is 11.8 Å². The van der Waals surface area contributed by atoms with E-state index in [1.807, 2.05) is 93.6 Å². The summed E-state index contributed by atoms with van der Waals surface area (Å²) >= 11 is 0. The maximum absolute atomic E-state index is 13.0. The van der Waals surface area contributed by atoms with Crippen LogP contribution < -0.4 is 20.7 Å². The van der Waals surface area contributed by atoms with Crippen molar-refractivity contribution in [3.63, 3.8) is 0 Å². The van der Waals surface area contributed by atoms with Crippen molar-refractivity contribution in [3.8, 4) is 0 Å². The molecule has 0 bridgehead atoms. The molecule has 0 saturated heterocycles. The van der Waals surface area contributed by atoms with Gasteiger partial charge in [-0.2, -0.15) is 0 Å². The van der Waals surface area contributed by atoms with Gasteiger partial charge in [0.2, 0.25) is 5.91 Å². The zero-order chi connectivity index (χ0) is 50.3. The number of esters is 2. The zero-order valence-electron chi connectivity index (χ0n) is 42.5. The van der Waals surface area contributed by atoms with Gasteiger partial charge in [0.15, 0.2) is 0 Å². The van der Waals surface area contributed by atoms with E-state index in [2.05, 4.69) is 90.1 Å². The number of benzene rings is 4. The molecular weight excluding hydrogens is 879 g/mol. The maximum Gasteiger partial charge on any atom is 0.307 e. The SMILES string of the molecule is CC(C)(C)OC(=O)C[C@@H](CCO[Si](c1ccccc1)(c1ccccc1)C(C)(C)C)C(=O)O.CON(C)C(=O)[C@H](CCO[Si](c1ccccc1)(c1ccccc1)C(C)(C)C)CC(=O)OC(C)(C)C. The lowest BCUT2D eigenvalue weighted by Crippen LogP contribution is -2.66. The highest BCUT2D eigenvalue weighted by molar-refractivity contribution is 7.00. The number of aliphatic carboxylic acids is 1. The quantitative estimate of drug-likeness (QED) is 0.0552. The summed E-state index contributed by atoms with van der Waals surface area (Å²) in [6.07, 6.45) is 0.403. The summed E-state index contributed by atoms with van der Waals surface area (Å²) in [4.78, 5) is 54.8. The average molecular weight is 956 g/mol. The molecule has 4 aromatic carbocycles. The standard InChI is InChI=1S/C28H41NO5Si.C26H36O5Si/c1-27(2,3)34-25(30)21-22(26(31)29(7)32-8)19-20-33-35(28(4,5)6,23-15-11-9-12-16-23)24-17-13-10-14-18-24;1-25(2,3)31-23(27)19-20(24(28)29)17-18-30-32(26(4,5)6,21-13-9-7-10-14-21)22-15-11-8-12-16-22/h9-18,22H,19-21H2,1-8H3;7-16,20H,17-19H2,1-6H3,(H,28,29)/t22-;20-/m11/s1. The van der Waals surface area contributed by atoms with E-state index >= 15 is 0 Å². The number of carboxylic acid groups (broad SMARTS) is 1. The monoisotopic (exact) mass is 956 g/mol. The van der Waals surface area contributed by atoms with Gasteiger partial charge in [-0.3, -0.25) is 24.0 Å². The Balaban J connectivity index is 0.000000357. The van der Waals surface area contributed by atoms with Gasteiger partial charge in [0.1, 0.15) is 11.2 Å². The van der Waals surface area contributed by atoms with E-state index in [4.69, 9.17) is 23.2 Å². The van der Waals surface area contributed by atoms with E-state index in [1.54, 1.807) is 27.8 Å². The van der Waals surface area contributed by atoms with E-state index in [1.165, 1.54) is 17.5 Å². The average Bonchev–Trinajstić information content (AvgIpc) is 3.24. The lowest BCUT2D eigenvalue weighted by Gasteiger charge is -2.43. The summed E-state index contributed by atoms with van der Waals surface area (Å²) in [5.74, 6) is -3.68. The fourth-order valence-electron chi connectivity index (χ4n) is 8.37. The highest BCUT2D eigenvalue weighted by Gasteiger charge is 2.51. The van der Waals surface area contributed by atoms with E-state index in [0.717, 1.165) is 15.4 Å². The third kappa shape index (κ3) is 16.1. The molecule has 1 amide bonds. The van der Waals surface area contributed by atoms with Crippen LogP contribution in [0.5, 0.6) is 0 Å². The van der Waals surface area contributed by atoms with Crippen LogP contribution in [0.25, 0.3) is 0 Å². The minimum absolute atomic E-state index is 0.0338. The van der Waals surface area contributed by atoms with Crippen LogP contribution in [0.2, 0.25) is 10.1 Å². The first-order valence-corrected chi connectivity index (χ1v) is 27.0. The smallest absolute Gasteiger partial charge is 0.307 e. The molecular formula is C54H77NO10Si2. The first kappa shape index (κ1) is 56.4. The highest BCUT2D eigenvalue weighted by Crippen LogP contribution is 2.38. The molecule has 366 valence electrons. The van der Waals surface area contributed by atoms with Crippen LogP contribution in [0, 0.1) is 11.8 Å². The van der Waals surface area contributed by atoms with Crippen LogP contribution in [0.15, 0.2) is 121 Å². The zero-order valence-corrected chi connectivity index (χ0v) is 44.5. The van der Waals surface area contributed by atoms with Gasteiger partial charge in [0.25, 0.3) is 16.6 Å². The summed E-state index contributed by atoms with van der Waals surface area (Å²) in [5, 5.41) is 15.1. The van der Waals surface area contributed by atoms with E-state index in [9.17, 15) is 24.3 Å². The fraction of sp³-hybridized carbons (Fsp3) is 0.481. The molecule has 0 saturated carbocycles. The summed E-state index contributed by atoms with van der Waals surface area (Å²) in [5.41, 5.74) is -1.27. The summed E-state index contributed by atoms with van der Waals surface area (Å²) in [6, 6.07) is 41.1. The topological polar surface area (TPSA) is 138 Å². The summed E-state index contributed by atoms with van der Waals surface area (Å²) in [7, 11) is -2.49. The normalized spacial score (nSPS) is 13.3. The number of hydrogen-bond donors (Lipinski definition) is 1. The summed E-state index contributed by atoms with van der Waals surface area (Å²) in [6.45, 7) is 24.5. The molecule has 1 N–H and O–H groups in total. The number of hydroxylamine groups is 2. The third-order valence-corrected chi connectivity index (χ3v) is 21.4. The highest BCUT2D eigenvalue weighted by atomic mass is 28.4. The van der Waals surface area contributed by atoms with Gasteiger partial charge in [-0.1, -0.05) is 163 Å². The Morgan fingerprint density at radius 2 is 0.791 bits per heavy atom. The van der Waals surface area contributed by atoms with Crippen molar-refractivity contribution in [1.29, 1.82) is 0 Å². The Morgan fingerprint density at radius 3 is 1.04 bits per heavy atom. The molecule has 4 rings (SSSR count). The van der Waals surface area contributed by atoms with Gasteiger partial charge < -0.3 is 23.4 Å². The van der Waals surface area contributed by atoms with Crippen LogP contribution in [0.3, 0.4) is 0 Å². The van der Waals surface area contributed by atoms with E-state index < -0.39 is 57.6 Å². The number of nitrogens with zero attached hydrogens (tertiary/aromatic N) is 1. The number of amides is 1. The minimum atomic E-state index is -2.74. The van der Waals surface area contributed by atoms with E-state index in [-0.39, 0.29) is 41.9 Å². The molecule has 0 aliphatic carbocycles. The van der Waals surface area contributed by atoms with Crippen molar-refractivity contribution in [2.75, 3.05) is 27.4 Å². The van der Waals surface area contributed by atoms with Gasteiger partial charge in [0.05, 0.1) is 31.8 Å². The maximum atomic E-state index is 13.0. The molecule has 67 heavy (non-hydrogen) atoms. The molecule has 0 aliphatic heterocycles. The Kier molecular flexibility index (Phi) is 20.5. The van der Waals surface area contributed by atoms with Crippen LogP contribution in [-0.2, 0) is 42.3 Å². The number of carbonyl (C=O) groups excluding carboxylic acids is 3. The first-order chi connectivity index (χ1) is 31.2. The van der Waals surface area contributed by atoms with Crippen LogP contribution >= 0.6 is 0 Å². The number of hydrogen-bond acceptors (Lipinski definition) is 9. The lowest BCUT2D eigenvalue weighted by atomic mass is 10.0. The minimum Gasteiger partial charge on any atom is -0.481 e. The Hall–Kier alpha value is -4.93. The molecule has 0 fully saturated rings. The van der Waals surface area contributed by atoms with Gasteiger partial charge in [-0.15, -0.1) is 0 Å². The molecule has 2 atom stereocenters. The molecule has 4 aromatic rings. The van der Waals surface area contributed by atoms with Gasteiger partial charge in [-0.05, 0) is 85.2 Å². The van der Waals surface area contributed by atoms with Crippen molar-refractivity contribution in [2.45, 2.75) is 130 Å². The van der Waals surface area contributed by atoms with Crippen molar-refractivity contribution >= 4 is 61.2 Å². The third-order valence-electron chi connectivity index (χ3n) is 11.4. The molecule has 0 heterocycles. The molecule has 0 radical (unpaired) electrons. The molecule has 0 spiro atoms. The van der Waals surface area contributed by atoms with Crippen molar-refractivity contribution in [3.05, 3.63) is 121 Å². The van der Waals surface area contributed by atoms with Crippen LogP contribution in [-0.4, -0.2) is 89.2 Å². The second-order valence-corrected chi connectivity index (χ2v) is 29.5. The van der Waals surface area contributed by atoms with E-state index in [0.29, 0.717) is 13.0 Å². The Bertz CT molecular complexity index is 2060. The number of rotatable bonds is 19. The first-order valence-electron chi connectivity index (χ1n) is 23.2. The van der Waals surface area contributed by atoms with Gasteiger partial charge in [0, 0.05) is 20.3 Å². The Morgan fingerprint density at radius 1 is 0.507 bits per heavy atom. The lowest BCUT2D eigenvalue weighted by molar-refractivity contribution is -0.177. The van der Waals surface area contributed by atoms with Crippen molar-refractivity contribution in [1.82, 2.24) is 5.06 Å². The summed E-state index contributed by atoms with van der Waals surface area (Å²) < 4.78 is 24.5. The Labute approximate surface area is 402 Å². The number of carbonyl (C=O) groups is 4. The second kappa shape index (κ2) is 24.4. The number of carboxylic acids is 1. The number of ether oxygens (including phenoxy) is 2. The fourth-order valence-corrected chi connectivity index (χ4v) is 17.5. The van der Waals surface area contributed by atoms with Gasteiger partial charge >= 0.3 is 17.9 Å². The predicted molar refractivity (Wildman–Crippen MR) is 272 cm³/mol. The van der Waals surface area contributed by atoms with Crippen LogP contribution in [0.1, 0.15) is 109 Å². The molecule has 13 heteroatoms. The van der Waals surface area contributed by atoms with Crippen LogP contribution in [0.4, 0.5) is 0 Å². The molecule has 0 unspecified atom stereocenters. The van der Waals surface area contributed by atoms with Gasteiger partial charge in [-0.25, -0.2) is 5.06 Å². The molecule has 0 aliphatic rings. The molecule has 0 aromatic heterocycles. The predicted octanol–water partition coefficient (Wildman–Crippen LogP) is 8.71. The molecule has 11 nitrogen and oxygen atoms in total. The largest absolute Gasteiger partial charge is 0.481 e. The van der Waals surface area contributed by atoms with Crippen molar-refractivity contribution < 1.29 is 47.4 Å². The second-order valence-electron chi connectivity index (χ2n) is 20.9.